The molecule has 0 bridgehead atoms. The highest BCUT2D eigenvalue weighted by Crippen LogP contribution is 2.19. The van der Waals surface area contributed by atoms with Crippen LogP contribution in [0.1, 0.15) is 13.3 Å². The molecule has 1 aliphatic heterocycles. The van der Waals surface area contributed by atoms with Crippen molar-refractivity contribution in [3.63, 3.8) is 0 Å². The van der Waals surface area contributed by atoms with Gasteiger partial charge in [0.05, 0.1) is 0 Å². The molecule has 0 spiro atoms. The van der Waals surface area contributed by atoms with Crippen molar-refractivity contribution in [3.8, 4) is 5.69 Å². The first-order valence-electron chi connectivity index (χ1n) is 7.25. The second kappa shape index (κ2) is 5.95. The van der Waals surface area contributed by atoms with Gasteiger partial charge >= 0.3 is 0 Å². The summed E-state index contributed by atoms with van der Waals surface area (Å²) in [7, 11) is 0. The van der Waals surface area contributed by atoms with Crippen LogP contribution in [0.15, 0.2) is 36.9 Å². The summed E-state index contributed by atoms with van der Waals surface area (Å²) < 4.78 is 1.88. The van der Waals surface area contributed by atoms with Crippen LogP contribution in [0.3, 0.4) is 0 Å². The van der Waals surface area contributed by atoms with Gasteiger partial charge in [0, 0.05) is 44.0 Å². The third-order valence-electron chi connectivity index (χ3n) is 3.87. The third-order valence-corrected chi connectivity index (χ3v) is 3.87. The highest BCUT2D eigenvalue weighted by molar-refractivity contribution is 5.76. The van der Waals surface area contributed by atoms with Gasteiger partial charge in [-0.3, -0.25) is 9.36 Å². The van der Waals surface area contributed by atoms with E-state index in [0.717, 1.165) is 31.9 Å². The fourth-order valence-electron chi connectivity index (χ4n) is 2.61. The summed E-state index contributed by atoms with van der Waals surface area (Å²) in [6.45, 7) is 5.30. The van der Waals surface area contributed by atoms with Gasteiger partial charge in [0.2, 0.25) is 5.91 Å². The summed E-state index contributed by atoms with van der Waals surface area (Å²) in [6.07, 6.45) is 3.96. The van der Waals surface area contributed by atoms with Crippen LogP contribution in [0.5, 0.6) is 0 Å². The number of hydrogen-bond acceptors (Lipinski definition) is 4. The van der Waals surface area contributed by atoms with E-state index in [1.807, 2.05) is 16.4 Å². The number of piperazine rings is 1. The molecule has 0 unspecified atom stereocenters. The number of benzene rings is 1. The number of aromatic nitrogens is 3. The van der Waals surface area contributed by atoms with Gasteiger partial charge in [-0.1, -0.05) is 6.92 Å². The minimum atomic E-state index is 0.248. The zero-order valence-corrected chi connectivity index (χ0v) is 12.1. The predicted molar refractivity (Wildman–Crippen MR) is 80.4 cm³/mol. The van der Waals surface area contributed by atoms with Gasteiger partial charge in [0.25, 0.3) is 0 Å². The van der Waals surface area contributed by atoms with Gasteiger partial charge in [0.15, 0.2) is 0 Å². The molecule has 6 heteroatoms. The van der Waals surface area contributed by atoms with E-state index in [1.54, 1.807) is 12.7 Å². The molecule has 1 aromatic heterocycles. The molecular weight excluding hydrogens is 266 g/mol. The molecule has 1 aromatic carbocycles. The zero-order chi connectivity index (χ0) is 14.7. The number of amides is 1. The molecule has 1 amide bonds. The fraction of sp³-hybridized carbons (Fsp3) is 0.400. The third kappa shape index (κ3) is 2.89. The lowest BCUT2D eigenvalue weighted by Gasteiger charge is -2.36. The van der Waals surface area contributed by atoms with Crippen LogP contribution in [-0.2, 0) is 4.79 Å². The van der Waals surface area contributed by atoms with E-state index in [-0.39, 0.29) is 5.91 Å². The summed E-state index contributed by atoms with van der Waals surface area (Å²) in [6, 6.07) is 8.32. The first-order chi connectivity index (χ1) is 10.3. The van der Waals surface area contributed by atoms with E-state index in [0.29, 0.717) is 6.42 Å². The standard InChI is InChI=1S/C15H19N5O/c1-2-15(21)19-9-7-18(8-10-19)13-3-5-14(6-4-13)20-11-16-17-12-20/h3-6,11-12H,2,7-10H2,1H3. The Bertz CT molecular complexity index is 585. The normalized spacial score (nSPS) is 15.3. The maximum atomic E-state index is 11.7. The summed E-state index contributed by atoms with van der Waals surface area (Å²) in [5.41, 5.74) is 2.24. The minimum Gasteiger partial charge on any atom is -0.368 e. The molecule has 21 heavy (non-hydrogen) atoms. The Morgan fingerprint density at radius 1 is 1.00 bits per heavy atom. The monoisotopic (exact) mass is 285 g/mol. The lowest BCUT2D eigenvalue weighted by atomic mass is 10.2. The highest BCUT2D eigenvalue weighted by atomic mass is 16.2. The molecule has 0 saturated carbocycles. The lowest BCUT2D eigenvalue weighted by molar-refractivity contribution is -0.131. The van der Waals surface area contributed by atoms with Crippen LogP contribution in [-0.4, -0.2) is 51.8 Å². The first kappa shape index (κ1) is 13.6. The number of hydrogen-bond donors (Lipinski definition) is 0. The van der Waals surface area contributed by atoms with Gasteiger partial charge in [0.1, 0.15) is 12.7 Å². The van der Waals surface area contributed by atoms with E-state index in [1.165, 1.54) is 5.69 Å². The number of anilines is 1. The zero-order valence-electron chi connectivity index (χ0n) is 12.1. The molecule has 6 nitrogen and oxygen atoms in total. The van der Waals surface area contributed by atoms with Crippen LogP contribution in [0, 0.1) is 0 Å². The van der Waals surface area contributed by atoms with Crippen molar-refractivity contribution in [1.82, 2.24) is 19.7 Å². The summed E-state index contributed by atoms with van der Waals surface area (Å²) in [5.74, 6) is 0.248. The maximum absolute atomic E-state index is 11.7. The van der Waals surface area contributed by atoms with E-state index >= 15 is 0 Å². The summed E-state index contributed by atoms with van der Waals surface area (Å²) >= 11 is 0. The van der Waals surface area contributed by atoms with E-state index in [2.05, 4.69) is 39.4 Å². The Kier molecular flexibility index (Phi) is 3.85. The topological polar surface area (TPSA) is 54.3 Å². The van der Waals surface area contributed by atoms with E-state index in [4.69, 9.17) is 0 Å². The van der Waals surface area contributed by atoms with Gasteiger partial charge < -0.3 is 9.80 Å². The fourth-order valence-corrected chi connectivity index (χ4v) is 2.61. The molecule has 2 heterocycles. The average Bonchev–Trinajstić information content (AvgIpc) is 3.09. The number of nitrogens with zero attached hydrogens (tertiary/aromatic N) is 5. The second-order valence-electron chi connectivity index (χ2n) is 5.11. The van der Waals surface area contributed by atoms with Crippen molar-refractivity contribution in [2.45, 2.75) is 13.3 Å². The van der Waals surface area contributed by atoms with Gasteiger partial charge in [-0.05, 0) is 24.3 Å². The second-order valence-corrected chi connectivity index (χ2v) is 5.11. The number of rotatable bonds is 3. The molecule has 2 aromatic rings. The Hall–Kier alpha value is -2.37. The summed E-state index contributed by atoms with van der Waals surface area (Å²) in [5, 5.41) is 7.62. The molecule has 0 atom stereocenters. The van der Waals surface area contributed by atoms with Gasteiger partial charge in [-0.15, -0.1) is 10.2 Å². The quantitative estimate of drug-likeness (QED) is 0.853. The molecule has 0 N–H and O–H groups in total. The van der Waals surface area contributed by atoms with Crippen LogP contribution in [0.2, 0.25) is 0 Å². The average molecular weight is 285 g/mol. The Morgan fingerprint density at radius 3 is 2.14 bits per heavy atom. The van der Waals surface area contributed by atoms with Crippen LogP contribution < -0.4 is 4.90 Å². The Labute approximate surface area is 124 Å². The van der Waals surface area contributed by atoms with Crippen molar-refractivity contribution < 1.29 is 4.79 Å². The van der Waals surface area contributed by atoms with E-state index in [9.17, 15) is 4.79 Å². The Balaban J connectivity index is 1.65. The number of carbonyl (C=O) groups is 1. The van der Waals surface area contributed by atoms with Crippen LogP contribution >= 0.6 is 0 Å². The molecule has 110 valence electrons. The van der Waals surface area contributed by atoms with Crippen LogP contribution in [0.25, 0.3) is 5.69 Å². The SMILES string of the molecule is CCC(=O)N1CCN(c2ccc(-n3cnnc3)cc2)CC1. The van der Waals surface area contributed by atoms with E-state index < -0.39 is 0 Å². The molecule has 1 aliphatic rings. The van der Waals surface area contributed by atoms with Crippen LogP contribution in [0.4, 0.5) is 5.69 Å². The first-order valence-corrected chi connectivity index (χ1v) is 7.25. The van der Waals surface area contributed by atoms with Crippen molar-refractivity contribution >= 4 is 11.6 Å². The minimum absolute atomic E-state index is 0.248. The lowest BCUT2D eigenvalue weighted by Crippen LogP contribution is -2.48. The smallest absolute Gasteiger partial charge is 0.222 e. The molecule has 0 aliphatic carbocycles. The molecule has 0 radical (unpaired) electrons. The molecule has 1 fully saturated rings. The molecular formula is C15H19N5O. The van der Waals surface area contributed by atoms with Gasteiger partial charge in [-0.25, -0.2) is 0 Å². The molecule has 1 saturated heterocycles. The van der Waals surface area contributed by atoms with Gasteiger partial charge in [-0.2, -0.15) is 0 Å². The van der Waals surface area contributed by atoms with Crippen molar-refractivity contribution in [2.75, 3.05) is 31.1 Å². The van der Waals surface area contributed by atoms with Crippen molar-refractivity contribution in [2.24, 2.45) is 0 Å². The largest absolute Gasteiger partial charge is 0.368 e. The molecule has 3 rings (SSSR count). The van der Waals surface area contributed by atoms with Crippen molar-refractivity contribution in [3.05, 3.63) is 36.9 Å². The summed E-state index contributed by atoms with van der Waals surface area (Å²) in [4.78, 5) is 15.9. The Morgan fingerprint density at radius 2 is 1.57 bits per heavy atom. The van der Waals surface area contributed by atoms with Crippen molar-refractivity contribution in [1.29, 1.82) is 0 Å². The highest BCUT2D eigenvalue weighted by Gasteiger charge is 2.19. The maximum Gasteiger partial charge on any atom is 0.222 e. The predicted octanol–water partition coefficient (Wildman–Crippen LogP) is 1.33. The number of carbonyl (C=O) groups excluding carboxylic acids is 1.